The van der Waals surface area contributed by atoms with E-state index in [1.54, 1.807) is 30.7 Å². The third kappa shape index (κ3) is 3.10. The van der Waals surface area contributed by atoms with Crippen LogP contribution >= 0.6 is 0 Å². The number of rotatable bonds is 3. The Morgan fingerprint density at radius 3 is 2.93 bits per heavy atom. The number of fused-ring (bicyclic) bond motifs is 1. The van der Waals surface area contributed by atoms with Crippen molar-refractivity contribution < 1.29 is 9.21 Å². The van der Waals surface area contributed by atoms with Crippen molar-refractivity contribution in [3.63, 3.8) is 0 Å². The lowest BCUT2D eigenvalue weighted by Gasteiger charge is -2.35. The number of carbonyl (C=O) groups excluding carboxylic acids is 1. The summed E-state index contributed by atoms with van der Waals surface area (Å²) in [6.45, 7) is 0.662. The van der Waals surface area contributed by atoms with Gasteiger partial charge in [-0.1, -0.05) is 6.07 Å². The highest BCUT2D eigenvalue weighted by Crippen LogP contribution is 2.31. The van der Waals surface area contributed by atoms with Crippen molar-refractivity contribution in [3.8, 4) is 11.6 Å². The number of nitrogens with zero attached hydrogens (tertiary/aromatic N) is 6. The minimum Gasteiger partial charge on any atom is -0.461 e. The zero-order valence-corrected chi connectivity index (χ0v) is 15.6. The first-order valence-corrected chi connectivity index (χ1v) is 9.49. The van der Waals surface area contributed by atoms with Crippen molar-refractivity contribution in [2.24, 2.45) is 0 Å². The van der Waals surface area contributed by atoms with Crippen LogP contribution in [0.25, 0.3) is 17.2 Å². The van der Waals surface area contributed by atoms with Crippen LogP contribution in [0, 0.1) is 0 Å². The molecular weight excluding hydrogens is 370 g/mol. The number of hydrogen-bond donors (Lipinski definition) is 1. The van der Waals surface area contributed by atoms with E-state index in [1.165, 1.54) is 4.52 Å². The molecule has 9 heteroatoms. The Morgan fingerprint density at radius 2 is 2.14 bits per heavy atom. The first kappa shape index (κ1) is 17.4. The summed E-state index contributed by atoms with van der Waals surface area (Å²) in [4.78, 5) is 28.1. The molecule has 1 aliphatic rings. The van der Waals surface area contributed by atoms with Crippen molar-refractivity contribution in [3.05, 3.63) is 60.2 Å². The standard InChI is InChI=1S/C20H19N7O2/c21-20-23-14(11-17-24-18(25-27(17)20)16-7-4-10-29-16)19(28)26-9-2-1-6-15(26)13-5-3-8-22-12-13/h3-5,7-8,10-12,15H,1-2,6,9H2,(H2,21,23). The molecule has 1 amide bonds. The Kier molecular flexibility index (Phi) is 4.19. The molecule has 4 aromatic heterocycles. The smallest absolute Gasteiger partial charge is 0.273 e. The number of piperidine rings is 1. The Hall–Kier alpha value is -3.75. The summed E-state index contributed by atoms with van der Waals surface area (Å²) in [5.74, 6) is 0.842. The zero-order chi connectivity index (χ0) is 19.8. The summed E-state index contributed by atoms with van der Waals surface area (Å²) >= 11 is 0. The van der Waals surface area contributed by atoms with E-state index in [0.29, 0.717) is 23.8 Å². The first-order valence-electron chi connectivity index (χ1n) is 9.49. The molecule has 2 N–H and O–H groups in total. The average molecular weight is 389 g/mol. The molecule has 0 saturated carbocycles. The van der Waals surface area contributed by atoms with Crippen LogP contribution in [-0.2, 0) is 0 Å². The third-order valence-corrected chi connectivity index (χ3v) is 5.14. The van der Waals surface area contributed by atoms with Crippen LogP contribution in [0.2, 0.25) is 0 Å². The maximum absolute atomic E-state index is 13.3. The van der Waals surface area contributed by atoms with Crippen LogP contribution in [0.4, 0.5) is 5.95 Å². The molecule has 5 rings (SSSR count). The van der Waals surface area contributed by atoms with E-state index in [-0.39, 0.29) is 23.6 Å². The molecule has 0 spiro atoms. The Balaban J connectivity index is 1.51. The van der Waals surface area contributed by atoms with E-state index in [4.69, 9.17) is 10.2 Å². The largest absolute Gasteiger partial charge is 0.461 e. The number of nitrogens with two attached hydrogens (primary N) is 1. The van der Waals surface area contributed by atoms with E-state index in [2.05, 4.69) is 20.1 Å². The highest BCUT2D eigenvalue weighted by Gasteiger charge is 2.30. The number of aromatic nitrogens is 5. The van der Waals surface area contributed by atoms with Gasteiger partial charge in [-0.05, 0) is 43.0 Å². The second-order valence-corrected chi connectivity index (χ2v) is 6.98. The summed E-state index contributed by atoms with van der Waals surface area (Å²) < 4.78 is 6.75. The molecule has 9 nitrogen and oxygen atoms in total. The molecule has 0 aliphatic carbocycles. The predicted molar refractivity (Wildman–Crippen MR) is 105 cm³/mol. The van der Waals surface area contributed by atoms with Gasteiger partial charge in [0, 0.05) is 25.0 Å². The maximum atomic E-state index is 13.3. The molecular formula is C20H19N7O2. The lowest BCUT2D eigenvalue weighted by atomic mass is 9.96. The van der Waals surface area contributed by atoms with Crippen LogP contribution < -0.4 is 5.73 Å². The molecule has 1 atom stereocenters. The number of anilines is 1. The van der Waals surface area contributed by atoms with Gasteiger partial charge in [0.15, 0.2) is 11.4 Å². The molecule has 1 aliphatic heterocycles. The summed E-state index contributed by atoms with van der Waals surface area (Å²) in [7, 11) is 0. The molecule has 5 heterocycles. The van der Waals surface area contributed by atoms with Gasteiger partial charge >= 0.3 is 0 Å². The van der Waals surface area contributed by atoms with Gasteiger partial charge in [-0.25, -0.2) is 9.97 Å². The fourth-order valence-corrected chi connectivity index (χ4v) is 3.77. The Morgan fingerprint density at radius 1 is 1.21 bits per heavy atom. The number of nitrogen functional groups attached to an aromatic ring is 1. The zero-order valence-electron chi connectivity index (χ0n) is 15.6. The number of amides is 1. The summed E-state index contributed by atoms with van der Waals surface area (Å²) in [5, 5.41) is 4.32. The predicted octanol–water partition coefficient (Wildman–Crippen LogP) is 2.73. The number of carbonyl (C=O) groups is 1. The molecule has 0 bridgehead atoms. The van der Waals surface area contributed by atoms with Crippen molar-refractivity contribution in [1.82, 2.24) is 29.5 Å². The lowest BCUT2D eigenvalue weighted by Crippen LogP contribution is -2.39. The van der Waals surface area contributed by atoms with E-state index in [0.717, 1.165) is 24.8 Å². The molecule has 0 aromatic carbocycles. The normalized spacial score (nSPS) is 17.0. The van der Waals surface area contributed by atoms with E-state index in [9.17, 15) is 4.79 Å². The number of pyridine rings is 1. The number of likely N-dealkylation sites (tertiary alicyclic amines) is 1. The molecule has 1 fully saturated rings. The Labute approximate surface area is 166 Å². The van der Waals surface area contributed by atoms with Gasteiger partial charge in [0.1, 0.15) is 5.69 Å². The SMILES string of the molecule is Nc1nc(C(=O)N2CCCCC2c2cccnc2)cc2nc(-c3ccco3)nn12. The van der Waals surface area contributed by atoms with Gasteiger partial charge < -0.3 is 15.1 Å². The summed E-state index contributed by atoms with van der Waals surface area (Å²) in [5.41, 5.74) is 7.80. The molecule has 4 aromatic rings. The van der Waals surface area contributed by atoms with Crippen molar-refractivity contribution in [1.29, 1.82) is 0 Å². The summed E-state index contributed by atoms with van der Waals surface area (Å²) in [6, 6.07) is 9.00. The quantitative estimate of drug-likeness (QED) is 0.573. The first-order chi connectivity index (χ1) is 14.2. The maximum Gasteiger partial charge on any atom is 0.273 e. The van der Waals surface area contributed by atoms with Gasteiger partial charge in [0.05, 0.1) is 12.3 Å². The highest BCUT2D eigenvalue weighted by atomic mass is 16.3. The number of hydrogen-bond acceptors (Lipinski definition) is 7. The topological polar surface area (TPSA) is 115 Å². The summed E-state index contributed by atoms with van der Waals surface area (Å²) in [6.07, 6.45) is 8.00. The highest BCUT2D eigenvalue weighted by molar-refractivity contribution is 5.94. The molecule has 0 radical (unpaired) electrons. The molecule has 146 valence electrons. The minimum absolute atomic E-state index is 0.0271. The van der Waals surface area contributed by atoms with Crippen LogP contribution in [0.3, 0.4) is 0 Å². The average Bonchev–Trinajstić information content (AvgIpc) is 3.44. The van der Waals surface area contributed by atoms with Gasteiger partial charge in [0.2, 0.25) is 11.8 Å². The van der Waals surface area contributed by atoms with Crippen LogP contribution in [0.15, 0.2) is 53.4 Å². The second kappa shape index (κ2) is 7.01. The van der Waals surface area contributed by atoms with Crippen LogP contribution in [0.5, 0.6) is 0 Å². The third-order valence-electron chi connectivity index (χ3n) is 5.14. The lowest BCUT2D eigenvalue weighted by molar-refractivity contribution is 0.0605. The fraction of sp³-hybridized carbons (Fsp3) is 0.250. The van der Waals surface area contributed by atoms with Crippen molar-refractivity contribution in [2.75, 3.05) is 12.3 Å². The molecule has 1 saturated heterocycles. The van der Waals surface area contributed by atoms with Crippen LogP contribution in [0.1, 0.15) is 41.4 Å². The van der Waals surface area contributed by atoms with Gasteiger partial charge in [-0.3, -0.25) is 9.78 Å². The van der Waals surface area contributed by atoms with Gasteiger partial charge in [-0.2, -0.15) is 4.52 Å². The van der Waals surface area contributed by atoms with Crippen LogP contribution in [-0.4, -0.2) is 41.9 Å². The Bertz CT molecular complexity index is 1150. The van der Waals surface area contributed by atoms with Crippen molar-refractivity contribution in [2.45, 2.75) is 25.3 Å². The molecule has 1 unspecified atom stereocenters. The fourth-order valence-electron chi connectivity index (χ4n) is 3.77. The minimum atomic E-state index is -0.171. The molecule has 29 heavy (non-hydrogen) atoms. The van der Waals surface area contributed by atoms with E-state index < -0.39 is 0 Å². The van der Waals surface area contributed by atoms with Gasteiger partial charge in [0.25, 0.3) is 5.91 Å². The monoisotopic (exact) mass is 389 g/mol. The van der Waals surface area contributed by atoms with E-state index >= 15 is 0 Å². The second-order valence-electron chi connectivity index (χ2n) is 6.98. The van der Waals surface area contributed by atoms with Crippen molar-refractivity contribution >= 4 is 17.5 Å². The van der Waals surface area contributed by atoms with Gasteiger partial charge in [-0.15, -0.1) is 5.10 Å². The number of furan rings is 1. The van der Waals surface area contributed by atoms with E-state index in [1.807, 2.05) is 23.2 Å².